The summed E-state index contributed by atoms with van der Waals surface area (Å²) in [5.74, 6) is 2.79. The van der Waals surface area contributed by atoms with Crippen molar-refractivity contribution in [1.29, 1.82) is 0 Å². The van der Waals surface area contributed by atoms with E-state index < -0.39 is 11.2 Å². The first-order valence-corrected chi connectivity index (χ1v) is 10.4. The zero-order valence-electron chi connectivity index (χ0n) is 16.0. The second-order valence-electron chi connectivity index (χ2n) is 6.46. The van der Waals surface area contributed by atoms with Crippen molar-refractivity contribution in [3.63, 3.8) is 0 Å². The number of hydrogen-bond acceptors (Lipinski definition) is 5. The first kappa shape index (κ1) is 20.0. The number of anilines is 1. The van der Waals surface area contributed by atoms with Crippen molar-refractivity contribution in [2.45, 2.75) is 59.6 Å². The molecule has 6 nitrogen and oxygen atoms in total. The number of pyridine rings is 1. The average Bonchev–Trinajstić information content (AvgIpc) is 2.97. The summed E-state index contributed by atoms with van der Waals surface area (Å²) in [4.78, 5) is 9.10. The van der Waals surface area contributed by atoms with Gasteiger partial charge in [-0.15, -0.1) is 0 Å². The van der Waals surface area contributed by atoms with E-state index in [0.717, 1.165) is 59.7 Å². The summed E-state index contributed by atoms with van der Waals surface area (Å²) in [5, 5.41) is 0. The molecule has 0 amide bonds. The van der Waals surface area contributed by atoms with Gasteiger partial charge in [0.05, 0.1) is 5.52 Å². The van der Waals surface area contributed by atoms with Crippen molar-refractivity contribution in [3.05, 3.63) is 17.1 Å². The molecule has 0 saturated heterocycles. The van der Waals surface area contributed by atoms with Crippen LogP contribution in [0.15, 0.2) is 0 Å². The smallest absolute Gasteiger partial charge is 0.151 e. The van der Waals surface area contributed by atoms with Crippen LogP contribution < -0.4 is 5.73 Å². The fourth-order valence-electron chi connectivity index (χ4n) is 2.95. The van der Waals surface area contributed by atoms with Gasteiger partial charge in [0.1, 0.15) is 29.0 Å². The molecule has 7 heteroatoms. The Morgan fingerprint density at radius 2 is 1.92 bits per heavy atom. The second-order valence-corrected chi connectivity index (χ2v) is 8.16. The number of fused-ring (bicyclic) bond motifs is 1. The summed E-state index contributed by atoms with van der Waals surface area (Å²) in [7, 11) is 1.67. The number of aryl methyl sites for hydroxylation is 3. The Bertz CT molecular complexity index is 717. The molecule has 0 fully saturated rings. The van der Waals surface area contributed by atoms with Gasteiger partial charge in [-0.3, -0.25) is 0 Å². The normalized spacial score (nSPS) is 14.2. The number of imidazole rings is 1. The van der Waals surface area contributed by atoms with E-state index in [1.807, 2.05) is 20.8 Å². The molecule has 2 aromatic rings. The number of hydrogen-bond donors (Lipinski definition) is 1. The molecule has 0 spiro atoms. The molecular weight excluding hydrogens is 336 g/mol. The third-order valence-corrected chi connectivity index (χ3v) is 6.11. The van der Waals surface area contributed by atoms with Crippen molar-refractivity contribution < 1.29 is 9.29 Å². The van der Waals surface area contributed by atoms with Gasteiger partial charge < -0.3 is 19.6 Å². The standard InChI is InChI=1S/C18H30N4O2S/c1-6-7-10-25(23)11-8-9-22-16-12(2)13(3)20-17(19)15(16)21-18(22)14(4)24-5/h14H,6-11H2,1-5H3,(H2,19,20). The topological polar surface area (TPSA) is 89.0 Å². The van der Waals surface area contributed by atoms with E-state index in [9.17, 15) is 4.55 Å². The van der Waals surface area contributed by atoms with Gasteiger partial charge in [-0.1, -0.05) is 24.5 Å². The predicted molar refractivity (Wildman–Crippen MR) is 104 cm³/mol. The molecule has 25 heavy (non-hydrogen) atoms. The molecular formula is C18H30N4O2S. The van der Waals surface area contributed by atoms with Gasteiger partial charge >= 0.3 is 0 Å². The van der Waals surface area contributed by atoms with Crippen LogP contribution in [-0.4, -0.2) is 37.7 Å². The number of unbranched alkanes of at least 4 members (excludes halogenated alkanes) is 1. The van der Waals surface area contributed by atoms with Crippen LogP contribution in [0.3, 0.4) is 0 Å². The molecule has 0 aliphatic rings. The van der Waals surface area contributed by atoms with Gasteiger partial charge in [-0.2, -0.15) is 0 Å². The summed E-state index contributed by atoms with van der Waals surface area (Å²) >= 11 is -0.750. The highest BCUT2D eigenvalue weighted by molar-refractivity contribution is 7.91. The summed E-state index contributed by atoms with van der Waals surface area (Å²) in [6, 6.07) is 0. The summed E-state index contributed by atoms with van der Waals surface area (Å²) in [5.41, 5.74) is 9.85. The van der Waals surface area contributed by atoms with Crippen LogP contribution in [0.2, 0.25) is 0 Å². The third kappa shape index (κ3) is 4.46. The molecule has 0 aliphatic carbocycles. The highest BCUT2D eigenvalue weighted by Gasteiger charge is 2.21. The largest absolute Gasteiger partial charge is 0.616 e. The fraction of sp³-hybridized carbons (Fsp3) is 0.667. The van der Waals surface area contributed by atoms with Crippen LogP contribution in [0.4, 0.5) is 5.82 Å². The molecule has 140 valence electrons. The molecule has 0 aromatic carbocycles. The van der Waals surface area contributed by atoms with E-state index in [2.05, 4.69) is 16.5 Å². The number of nitrogens with two attached hydrogens (primary N) is 1. The molecule has 0 saturated carbocycles. The maximum absolute atomic E-state index is 12.1. The third-order valence-electron chi connectivity index (χ3n) is 4.62. The van der Waals surface area contributed by atoms with Crippen LogP contribution >= 0.6 is 0 Å². The molecule has 2 aromatic heterocycles. The van der Waals surface area contributed by atoms with Crippen LogP contribution in [0.25, 0.3) is 11.0 Å². The minimum Gasteiger partial charge on any atom is -0.616 e. The van der Waals surface area contributed by atoms with Gasteiger partial charge in [0.2, 0.25) is 0 Å². The van der Waals surface area contributed by atoms with Gasteiger partial charge in [0.25, 0.3) is 0 Å². The molecule has 2 atom stereocenters. The van der Waals surface area contributed by atoms with Crippen LogP contribution in [0.5, 0.6) is 0 Å². The molecule has 2 unspecified atom stereocenters. The lowest BCUT2D eigenvalue weighted by molar-refractivity contribution is 0.109. The van der Waals surface area contributed by atoms with Crippen LogP contribution in [-0.2, 0) is 22.5 Å². The molecule has 2 rings (SSSR count). The Kier molecular flexibility index (Phi) is 7.10. The minimum absolute atomic E-state index is 0.142. The van der Waals surface area contributed by atoms with Crippen LogP contribution in [0, 0.1) is 13.8 Å². The van der Waals surface area contributed by atoms with Crippen molar-refractivity contribution in [2.75, 3.05) is 24.3 Å². The highest BCUT2D eigenvalue weighted by atomic mass is 32.2. The van der Waals surface area contributed by atoms with Crippen molar-refractivity contribution in [2.24, 2.45) is 0 Å². The number of methoxy groups -OCH3 is 1. The first-order valence-electron chi connectivity index (χ1n) is 8.91. The van der Waals surface area contributed by atoms with Gasteiger partial charge in [0.15, 0.2) is 5.82 Å². The van der Waals surface area contributed by atoms with E-state index in [4.69, 9.17) is 15.5 Å². The second kappa shape index (κ2) is 8.87. The quantitative estimate of drug-likeness (QED) is 0.688. The number of rotatable bonds is 9. The number of ether oxygens (including phenoxy) is 1. The fourth-order valence-corrected chi connectivity index (χ4v) is 4.22. The van der Waals surface area contributed by atoms with Gasteiger partial charge in [-0.05, 0) is 32.8 Å². The van der Waals surface area contributed by atoms with E-state index >= 15 is 0 Å². The van der Waals surface area contributed by atoms with Gasteiger partial charge in [-0.25, -0.2) is 9.97 Å². The zero-order valence-corrected chi connectivity index (χ0v) is 16.8. The zero-order chi connectivity index (χ0) is 18.6. The van der Waals surface area contributed by atoms with Crippen molar-refractivity contribution in [1.82, 2.24) is 14.5 Å². The molecule has 0 aliphatic heterocycles. The van der Waals surface area contributed by atoms with E-state index in [-0.39, 0.29) is 6.10 Å². The predicted octanol–water partition coefficient (Wildman–Crippen LogP) is 3.28. The summed E-state index contributed by atoms with van der Waals surface area (Å²) < 4.78 is 19.7. The maximum Gasteiger partial charge on any atom is 0.151 e. The molecule has 0 bridgehead atoms. The Morgan fingerprint density at radius 3 is 2.56 bits per heavy atom. The Morgan fingerprint density at radius 1 is 1.24 bits per heavy atom. The molecule has 2 N–H and O–H groups in total. The monoisotopic (exact) mass is 366 g/mol. The van der Waals surface area contributed by atoms with Crippen LogP contribution in [0.1, 0.15) is 56.3 Å². The summed E-state index contributed by atoms with van der Waals surface area (Å²) in [6.07, 6.45) is 2.80. The van der Waals surface area contributed by atoms with Gasteiger partial charge in [0, 0.05) is 25.8 Å². The van der Waals surface area contributed by atoms with E-state index in [1.165, 1.54) is 0 Å². The Hall–Kier alpha value is -1.31. The number of nitrogens with zero attached hydrogens (tertiary/aromatic N) is 3. The lowest BCUT2D eigenvalue weighted by Gasteiger charge is -2.16. The lowest BCUT2D eigenvalue weighted by atomic mass is 10.2. The van der Waals surface area contributed by atoms with E-state index in [0.29, 0.717) is 11.6 Å². The van der Waals surface area contributed by atoms with Crippen molar-refractivity contribution >= 4 is 28.0 Å². The Labute approximate surface area is 153 Å². The number of nitrogen functional groups attached to an aromatic ring is 1. The first-order chi connectivity index (χ1) is 11.9. The SMILES string of the molecule is CCCC[S+]([O-])CCCn1c(C(C)OC)nc2c(N)nc(C)c(C)c21. The Balaban J connectivity index is 2.32. The average molecular weight is 367 g/mol. The lowest BCUT2D eigenvalue weighted by Crippen LogP contribution is -2.15. The molecule has 2 heterocycles. The molecule has 0 radical (unpaired) electrons. The number of aromatic nitrogens is 3. The minimum atomic E-state index is -0.750. The summed E-state index contributed by atoms with van der Waals surface area (Å²) in [6.45, 7) is 8.85. The van der Waals surface area contributed by atoms with Crippen molar-refractivity contribution in [3.8, 4) is 0 Å². The van der Waals surface area contributed by atoms with E-state index in [1.54, 1.807) is 7.11 Å². The highest BCUT2D eigenvalue weighted by Crippen LogP contribution is 2.29. The maximum atomic E-state index is 12.1.